The number of benzene rings is 1. The summed E-state index contributed by atoms with van der Waals surface area (Å²) in [5, 5.41) is 0. The number of likely N-dealkylation sites (tertiary alicyclic amines) is 1. The number of carbonyl (C=O) groups is 1. The average molecular weight is 279 g/mol. The van der Waals surface area contributed by atoms with E-state index in [1.54, 1.807) is 6.07 Å². The van der Waals surface area contributed by atoms with Gasteiger partial charge >= 0.3 is 0 Å². The number of halogens is 1. The normalized spacial score (nSPS) is 26.4. The van der Waals surface area contributed by atoms with Crippen molar-refractivity contribution in [2.24, 2.45) is 16.9 Å². The van der Waals surface area contributed by atoms with Gasteiger partial charge in [-0.15, -0.1) is 0 Å². The van der Waals surface area contributed by atoms with Crippen LogP contribution in [0.15, 0.2) is 24.3 Å². The fourth-order valence-corrected chi connectivity index (χ4v) is 2.97. The predicted molar refractivity (Wildman–Crippen MR) is 76.3 cm³/mol. The molecule has 0 bridgehead atoms. The smallest absolute Gasteiger partial charge is 0.224 e. The van der Waals surface area contributed by atoms with Crippen LogP contribution in [0, 0.1) is 11.2 Å². The van der Waals surface area contributed by atoms with Crippen molar-refractivity contribution in [1.29, 1.82) is 0 Å². The molecule has 1 heterocycles. The minimum atomic E-state index is -0.527. The average Bonchev–Trinajstić information content (AvgIpc) is 2.73. The summed E-state index contributed by atoms with van der Waals surface area (Å²) >= 11 is 0. The molecule has 1 saturated heterocycles. The fraction of sp³-hybridized carbons (Fsp3) is 0.533. The summed E-state index contributed by atoms with van der Waals surface area (Å²) in [6.07, 6.45) is 0.709. The first-order valence-corrected chi connectivity index (χ1v) is 6.88. The van der Waals surface area contributed by atoms with Crippen molar-refractivity contribution in [3.05, 3.63) is 35.6 Å². The van der Waals surface area contributed by atoms with Crippen LogP contribution < -0.4 is 11.5 Å². The van der Waals surface area contributed by atoms with Gasteiger partial charge in [-0.1, -0.05) is 12.1 Å². The summed E-state index contributed by atoms with van der Waals surface area (Å²) < 4.78 is 13.4. The Hall–Kier alpha value is -1.46. The molecule has 0 saturated carbocycles. The lowest BCUT2D eigenvalue weighted by Crippen LogP contribution is -2.42. The molecule has 1 aromatic rings. The van der Waals surface area contributed by atoms with Gasteiger partial charge in [-0.25, -0.2) is 4.39 Å². The van der Waals surface area contributed by atoms with Crippen molar-refractivity contribution in [2.45, 2.75) is 32.4 Å². The molecule has 1 aliphatic heterocycles. The SMILES string of the molecule is CC(N)C(c1cccc(F)c1)N1CCC(C)(C(N)=O)C1. The minimum absolute atomic E-state index is 0.105. The largest absolute Gasteiger partial charge is 0.369 e. The molecule has 1 fully saturated rings. The van der Waals surface area contributed by atoms with Crippen LogP contribution in [-0.2, 0) is 4.79 Å². The van der Waals surface area contributed by atoms with E-state index in [0.29, 0.717) is 13.0 Å². The Morgan fingerprint density at radius 2 is 2.20 bits per heavy atom. The van der Waals surface area contributed by atoms with E-state index in [2.05, 4.69) is 4.90 Å². The first kappa shape index (κ1) is 14.9. The Kier molecular flexibility index (Phi) is 4.11. The van der Waals surface area contributed by atoms with Crippen LogP contribution in [0.2, 0.25) is 0 Å². The van der Waals surface area contributed by atoms with Crippen LogP contribution in [0.5, 0.6) is 0 Å². The van der Waals surface area contributed by atoms with Gasteiger partial charge in [0.05, 0.1) is 5.41 Å². The van der Waals surface area contributed by atoms with Crippen LogP contribution in [0.4, 0.5) is 4.39 Å². The number of nitrogens with two attached hydrogens (primary N) is 2. The van der Waals surface area contributed by atoms with E-state index in [1.807, 2.05) is 19.9 Å². The second-order valence-electron chi connectivity index (χ2n) is 6.00. The lowest BCUT2D eigenvalue weighted by Gasteiger charge is -2.32. The van der Waals surface area contributed by atoms with Gasteiger partial charge in [0.15, 0.2) is 0 Å². The maximum Gasteiger partial charge on any atom is 0.224 e. The maximum absolute atomic E-state index is 13.4. The molecule has 110 valence electrons. The zero-order valence-corrected chi connectivity index (χ0v) is 12.0. The molecule has 1 aromatic carbocycles. The highest BCUT2D eigenvalue weighted by atomic mass is 19.1. The Morgan fingerprint density at radius 1 is 1.50 bits per heavy atom. The summed E-state index contributed by atoms with van der Waals surface area (Å²) in [4.78, 5) is 13.7. The van der Waals surface area contributed by atoms with Gasteiger partial charge < -0.3 is 11.5 Å². The molecular formula is C15H22FN3O. The summed E-state index contributed by atoms with van der Waals surface area (Å²) in [5.74, 6) is -0.562. The predicted octanol–water partition coefficient (Wildman–Crippen LogP) is 1.41. The topological polar surface area (TPSA) is 72.3 Å². The first-order valence-electron chi connectivity index (χ1n) is 6.88. The highest BCUT2D eigenvalue weighted by molar-refractivity contribution is 5.81. The van der Waals surface area contributed by atoms with Gasteiger partial charge in [-0.2, -0.15) is 0 Å². The number of primary amides is 1. The summed E-state index contributed by atoms with van der Waals surface area (Å²) in [6.45, 7) is 5.07. The number of rotatable bonds is 4. The highest BCUT2D eigenvalue weighted by Gasteiger charge is 2.42. The third-order valence-electron chi connectivity index (χ3n) is 4.18. The zero-order valence-electron chi connectivity index (χ0n) is 12.0. The maximum atomic E-state index is 13.4. The molecule has 4 nitrogen and oxygen atoms in total. The molecular weight excluding hydrogens is 257 g/mol. The number of carbonyl (C=O) groups excluding carboxylic acids is 1. The van der Waals surface area contributed by atoms with Gasteiger partial charge in [-0.3, -0.25) is 9.69 Å². The second kappa shape index (κ2) is 5.50. The third-order valence-corrected chi connectivity index (χ3v) is 4.18. The molecule has 0 spiro atoms. The quantitative estimate of drug-likeness (QED) is 0.875. The lowest BCUT2D eigenvalue weighted by molar-refractivity contribution is -0.126. The van der Waals surface area contributed by atoms with Crippen LogP contribution in [-0.4, -0.2) is 29.9 Å². The van der Waals surface area contributed by atoms with Gasteiger partial charge in [0, 0.05) is 18.6 Å². The molecule has 3 unspecified atom stereocenters. The van der Waals surface area contributed by atoms with Crippen molar-refractivity contribution in [3.63, 3.8) is 0 Å². The summed E-state index contributed by atoms with van der Waals surface area (Å²) in [7, 11) is 0. The second-order valence-corrected chi connectivity index (χ2v) is 6.00. The van der Waals surface area contributed by atoms with E-state index in [-0.39, 0.29) is 23.8 Å². The highest BCUT2D eigenvalue weighted by Crippen LogP contribution is 2.36. The molecule has 0 radical (unpaired) electrons. The molecule has 1 amide bonds. The number of nitrogens with zero attached hydrogens (tertiary/aromatic N) is 1. The van der Waals surface area contributed by atoms with E-state index >= 15 is 0 Å². The van der Waals surface area contributed by atoms with Crippen molar-refractivity contribution in [2.75, 3.05) is 13.1 Å². The molecule has 0 aliphatic carbocycles. The van der Waals surface area contributed by atoms with E-state index in [0.717, 1.165) is 12.1 Å². The van der Waals surface area contributed by atoms with Crippen LogP contribution >= 0.6 is 0 Å². The standard InChI is InChI=1S/C15H22FN3O/c1-10(17)13(11-4-3-5-12(16)8-11)19-7-6-15(2,9-19)14(18)20/h3-5,8,10,13H,6-7,9,17H2,1-2H3,(H2,18,20). The van der Waals surface area contributed by atoms with E-state index < -0.39 is 5.41 Å². The van der Waals surface area contributed by atoms with Crippen LogP contribution in [0.1, 0.15) is 31.9 Å². The molecule has 0 aromatic heterocycles. The molecule has 20 heavy (non-hydrogen) atoms. The third kappa shape index (κ3) is 2.83. The van der Waals surface area contributed by atoms with Gasteiger partial charge in [0.1, 0.15) is 5.82 Å². The Bertz CT molecular complexity index is 506. The Labute approximate surface area is 118 Å². The van der Waals surface area contributed by atoms with E-state index in [1.165, 1.54) is 12.1 Å². The van der Waals surface area contributed by atoms with Crippen LogP contribution in [0.25, 0.3) is 0 Å². The van der Waals surface area contributed by atoms with E-state index in [9.17, 15) is 9.18 Å². The molecule has 1 aliphatic rings. The zero-order chi connectivity index (χ0) is 14.9. The minimum Gasteiger partial charge on any atom is -0.369 e. The molecule has 3 atom stereocenters. The van der Waals surface area contributed by atoms with Crippen molar-refractivity contribution in [3.8, 4) is 0 Å². The fourth-order valence-electron chi connectivity index (χ4n) is 2.97. The Morgan fingerprint density at radius 3 is 2.70 bits per heavy atom. The lowest BCUT2D eigenvalue weighted by atomic mass is 9.89. The molecule has 4 N–H and O–H groups in total. The molecule has 2 rings (SSSR count). The Balaban J connectivity index is 2.25. The summed E-state index contributed by atoms with van der Waals surface area (Å²) in [6, 6.07) is 6.21. The molecule has 5 heteroatoms. The number of hydrogen-bond donors (Lipinski definition) is 2. The number of hydrogen-bond acceptors (Lipinski definition) is 3. The number of amides is 1. The first-order chi connectivity index (χ1) is 9.33. The van der Waals surface area contributed by atoms with E-state index in [4.69, 9.17) is 11.5 Å². The van der Waals surface area contributed by atoms with Gasteiger partial charge in [-0.05, 0) is 44.5 Å². The van der Waals surface area contributed by atoms with Gasteiger partial charge in [0.25, 0.3) is 0 Å². The van der Waals surface area contributed by atoms with Crippen molar-refractivity contribution >= 4 is 5.91 Å². The van der Waals surface area contributed by atoms with Gasteiger partial charge in [0.2, 0.25) is 5.91 Å². The van der Waals surface area contributed by atoms with Crippen molar-refractivity contribution < 1.29 is 9.18 Å². The van der Waals surface area contributed by atoms with Crippen molar-refractivity contribution in [1.82, 2.24) is 4.90 Å². The van der Waals surface area contributed by atoms with Crippen LogP contribution in [0.3, 0.4) is 0 Å². The monoisotopic (exact) mass is 279 g/mol. The summed E-state index contributed by atoms with van der Waals surface area (Å²) in [5.41, 5.74) is 11.9.